The fourth-order valence-corrected chi connectivity index (χ4v) is 2.43. The summed E-state index contributed by atoms with van der Waals surface area (Å²) in [7, 11) is 3.47. The number of hydrogen-bond donors (Lipinski definition) is 2. The maximum absolute atomic E-state index is 12.9. The van der Waals surface area contributed by atoms with Crippen molar-refractivity contribution in [2.45, 2.75) is 19.5 Å². The Morgan fingerprint density at radius 1 is 1.04 bits per heavy atom. The summed E-state index contributed by atoms with van der Waals surface area (Å²) in [5, 5.41) is 6.26. The predicted octanol–water partition coefficient (Wildman–Crippen LogP) is 2.54. The second kappa shape index (κ2) is 10.2. The normalized spacial score (nSPS) is 11.1. The van der Waals surface area contributed by atoms with Gasteiger partial charge >= 0.3 is 0 Å². The number of hydrogen-bond acceptors (Lipinski definition) is 2. The summed E-state index contributed by atoms with van der Waals surface area (Å²) >= 11 is 0. The van der Waals surface area contributed by atoms with Gasteiger partial charge in [-0.2, -0.15) is 0 Å². The van der Waals surface area contributed by atoms with Crippen molar-refractivity contribution in [2.75, 3.05) is 20.6 Å². The molecule has 0 heterocycles. The smallest absolute Gasteiger partial charge is 0.224 e. The maximum Gasteiger partial charge on any atom is 0.224 e. The van der Waals surface area contributed by atoms with Crippen molar-refractivity contribution in [1.82, 2.24) is 15.5 Å². The molecule has 0 aliphatic rings. The number of benzene rings is 2. The summed E-state index contributed by atoms with van der Waals surface area (Å²) in [5.74, 6) is 0.414. The molecule has 5 nitrogen and oxygen atoms in total. The third-order valence-corrected chi connectivity index (χ3v) is 3.92. The van der Waals surface area contributed by atoms with Crippen LogP contribution in [-0.4, -0.2) is 37.4 Å². The molecule has 138 valence electrons. The van der Waals surface area contributed by atoms with Crippen molar-refractivity contribution in [3.8, 4) is 0 Å². The minimum atomic E-state index is -0.255. The molecular weight excluding hydrogens is 331 g/mol. The number of nitrogens with one attached hydrogen (secondary N) is 2. The van der Waals surface area contributed by atoms with Crippen LogP contribution in [0.15, 0.2) is 59.6 Å². The summed E-state index contributed by atoms with van der Waals surface area (Å²) in [4.78, 5) is 18.1. The van der Waals surface area contributed by atoms with Crippen molar-refractivity contribution in [3.63, 3.8) is 0 Å². The molecule has 0 atom stereocenters. The molecule has 0 unspecified atom stereocenters. The van der Waals surface area contributed by atoms with Crippen LogP contribution in [0.3, 0.4) is 0 Å². The van der Waals surface area contributed by atoms with Crippen LogP contribution in [0.1, 0.15) is 17.5 Å². The van der Waals surface area contributed by atoms with E-state index in [1.54, 1.807) is 31.1 Å². The first-order chi connectivity index (χ1) is 12.6. The minimum absolute atomic E-state index is 0.0651. The van der Waals surface area contributed by atoms with E-state index >= 15 is 0 Å². The molecule has 2 aromatic rings. The lowest BCUT2D eigenvalue weighted by Crippen LogP contribution is -2.39. The molecule has 2 N–H and O–H groups in total. The molecule has 6 heteroatoms. The molecular formula is C20H25FN4O. The van der Waals surface area contributed by atoms with Gasteiger partial charge in [0, 0.05) is 40.2 Å². The van der Waals surface area contributed by atoms with Gasteiger partial charge in [0.05, 0.1) is 0 Å². The van der Waals surface area contributed by atoms with Gasteiger partial charge in [-0.1, -0.05) is 42.5 Å². The van der Waals surface area contributed by atoms with E-state index in [2.05, 4.69) is 15.6 Å². The van der Waals surface area contributed by atoms with Gasteiger partial charge in [0.2, 0.25) is 5.91 Å². The van der Waals surface area contributed by atoms with E-state index in [1.165, 1.54) is 12.1 Å². The zero-order valence-corrected chi connectivity index (χ0v) is 15.2. The molecule has 2 aromatic carbocycles. The number of carbonyl (C=O) groups is 1. The van der Waals surface area contributed by atoms with Gasteiger partial charge in [-0.3, -0.25) is 9.79 Å². The second-order valence-corrected chi connectivity index (χ2v) is 5.96. The van der Waals surface area contributed by atoms with E-state index in [0.717, 1.165) is 11.1 Å². The van der Waals surface area contributed by atoms with E-state index in [1.807, 2.05) is 30.3 Å². The Labute approximate surface area is 153 Å². The molecule has 0 aliphatic heterocycles. The van der Waals surface area contributed by atoms with Crippen LogP contribution < -0.4 is 10.6 Å². The summed E-state index contributed by atoms with van der Waals surface area (Å²) in [6, 6.07) is 16.2. The van der Waals surface area contributed by atoms with Gasteiger partial charge < -0.3 is 15.5 Å². The van der Waals surface area contributed by atoms with Crippen LogP contribution in [0.2, 0.25) is 0 Å². The van der Waals surface area contributed by atoms with E-state index in [0.29, 0.717) is 32.0 Å². The number of halogens is 1. The molecule has 0 saturated carbocycles. The lowest BCUT2D eigenvalue weighted by Gasteiger charge is -2.18. The quantitative estimate of drug-likeness (QED) is 0.592. The Bertz CT molecular complexity index is 716. The zero-order valence-electron chi connectivity index (χ0n) is 15.2. The third kappa shape index (κ3) is 6.55. The topological polar surface area (TPSA) is 56.7 Å². The molecule has 0 saturated heterocycles. The van der Waals surface area contributed by atoms with Gasteiger partial charge in [0.15, 0.2) is 5.96 Å². The van der Waals surface area contributed by atoms with Crippen LogP contribution in [-0.2, 0) is 17.9 Å². The Morgan fingerprint density at radius 3 is 2.38 bits per heavy atom. The summed E-state index contributed by atoms with van der Waals surface area (Å²) in [5.41, 5.74) is 2.06. The molecule has 1 amide bonds. The van der Waals surface area contributed by atoms with Crippen LogP contribution >= 0.6 is 0 Å². The van der Waals surface area contributed by atoms with Crippen molar-refractivity contribution >= 4 is 11.9 Å². The van der Waals surface area contributed by atoms with E-state index in [4.69, 9.17) is 0 Å². The van der Waals surface area contributed by atoms with Crippen LogP contribution in [0.25, 0.3) is 0 Å². The van der Waals surface area contributed by atoms with E-state index in [-0.39, 0.29) is 11.7 Å². The first-order valence-electron chi connectivity index (χ1n) is 8.55. The van der Waals surface area contributed by atoms with Gasteiger partial charge in [-0.15, -0.1) is 0 Å². The highest BCUT2D eigenvalue weighted by Crippen LogP contribution is 2.04. The number of carbonyl (C=O) groups excluding carboxylic acids is 1. The van der Waals surface area contributed by atoms with Gasteiger partial charge in [-0.25, -0.2) is 4.39 Å². The first-order valence-corrected chi connectivity index (χ1v) is 8.55. The lowest BCUT2D eigenvalue weighted by atomic mass is 10.2. The number of guanidine groups is 1. The zero-order chi connectivity index (χ0) is 18.8. The molecule has 0 bridgehead atoms. The van der Waals surface area contributed by atoms with Crippen molar-refractivity contribution < 1.29 is 9.18 Å². The maximum atomic E-state index is 12.9. The Hall–Kier alpha value is -2.89. The van der Waals surface area contributed by atoms with Crippen LogP contribution in [0, 0.1) is 5.82 Å². The molecule has 0 aliphatic carbocycles. The Morgan fingerprint density at radius 2 is 1.73 bits per heavy atom. The fraction of sp³-hybridized carbons (Fsp3) is 0.300. The SMILES string of the molecule is CN=C(NCCC(=O)N(C)Cc1ccccc1)NCc1ccc(F)cc1. The first kappa shape index (κ1) is 19.4. The monoisotopic (exact) mass is 356 g/mol. The summed E-state index contributed by atoms with van der Waals surface area (Å²) < 4.78 is 12.9. The summed E-state index contributed by atoms with van der Waals surface area (Å²) in [6.45, 7) is 1.61. The highest BCUT2D eigenvalue weighted by molar-refractivity contribution is 5.81. The number of amides is 1. The number of nitrogens with zero attached hydrogens (tertiary/aromatic N) is 2. The highest BCUT2D eigenvalue weighted by Gasteiger charge is 2.09. The van der Waals surface area contributed by atoms with Crippen LogP contribution in [0.5, 0.6) is 0 Å². The van der Waals surface area contributed by atoms with Gasteiger partial charge in [-0.05, 0) is 23.3 Å². The van der Waals surface area contributed by atoms with Gasteiger partial charge in [0.25, 0.3) is 0 Å². The average molecular weight is 356 g/mol. The molecule has 0 spiro atoms. The average Bonchev–Trinajstić information content (AvgIpc) is 2.66. The standard InChI is InChI=1S/C20H25FN4O/c1-22-20(24-14-16-8-10-18(21)11-9-16)23-13-12-19(26)25(2)15-17-6-4-3-5-7-17/h3-11H,12-15H2,1-2H3,(H2,22,23,24). The number of rotatable bonds is 7. The fourth-order valence-electron chi connectivity index (χ4n) is 2.43. The van der Waals surface area contributed by atoms with Crippen molar-refractivity contribution in [3.05, 3.63) is 71.5 Å². The Kier molecular flexibility index (Phi) is 7.61. The van der Waals surface area contributed by atoms with E-state index < -0.39 is 0 Å². The molecule has 26 heavy (non-hydrogen) atoms. The second-order valence-electron chi connectivity index (χ2n) is 5.96. The van der Waals surface area contributed by atoms with E-state index in [9.17, 15) is 9.18 Å². The Balaban J connectivity index is 1.70. The number of aliphatic imine (C=N–C) groups is 1. The third-order valence-electron chi connectivity index (χ3n) is 3.92. The van der Waals surface area contributed by atoms with Crippen LogP contribution in [0.4, 0.5) is 4.39 Å². The minimum Gasteiger partial charge on any atom is -0.356 e. The van der Waals surface area contributed by atoms with Gasteiger partial charge in [0.1, 0.15) is 5.82 Å². The highest BCUT2D eigenvalue weighted by atomic mass is 19.1. The van der Waals surface area contributed by atoms with Crippen molar-refractivity contribution in [1.29, 1.82) is 0 Å². The predicted molar refractivity (Wildman–Crippen MR) is 102 cm³/mol. The molecule has 2 rings (SSSR count). The lowest BCUT2D eigenvalue weighted by molar-refractivity contribution is -0.130. The summed E-state index contributed by atoms with van der Waals surface area (Å²) in [6.07, 6.45) is 0.376. The van der Waals surface area contributed by atoms with Crippen molar-refractivity contribution in [2.24, 2.45) is 4.99 Å². The molecule has 0 radical (unpaired) electrons. The molecule has 0 fully saturated rings. The molecule has 0 aromatic heterocycles. The largest absolute Gasteiger partial charge is 0.356 e.